The van der Waals surface area contributed by atoms with E-state index in [9.17, 15) is 4.79 Å². The van der Waals surface area contributed by atoms with Gasteiger partial charge in [0.1, 0.15) is 0 Å². The number of carboxylic acid groups (broad SMARTS) is 1. The van der Waals surface area contributed by atoms with Crippen molar-refractivity contribution in [2.75, 3.05) is 7.05 Å². The quantitative estimate of drug-likeness (QED) is 0.771. The van der Waals surface area contributed by atoms with Crippen LogP contribution in [0.15, 0.2) is 0 Å². The number of carboxylic acids is 1. The van der Waals surface area contributed by atoms with Crippen molar-refractivity contribution in [3.05, 3.63) is 0 Å². The molecule has 2 N–H and O–H groups in total. The molecule has 0 saturated heterocycles. The van der Waals surface area contributed by atoms with Gasteiger partial charge in [-0.1, -0.05) is 6.42 Å². The highest BCUT2D eigenvalue weighted by molar-refractivity contribution is 5.69. The minimum absolute atomic E-state index is 0.0739. The summed E-state index contributed by atoms with van der Waals surface area (Å²) in [4.78, 5) is 10.9. The van der Waals surface area contributed by atoms with Gasteiger partial charge in [0.05, 0.1) is 5.92 Å². The van der Waals surface area contributed by atoms with Crippen LogP contribution in [0, 0.1) is 17.8 Å². The molecule has 2 saturated carbocycles. The summed E-state index contributed by atoms with van der Waals surface area (Å²) < 4.78 is 0. The van der Waals surface area contributed by atoms with Crippen molar-refractivity contribution in [3.8, 4) is 0 Å². The molecule has 0 aromatic rings. The number of carbonyl (C=O) groups is 1. The molecular formula is C13H23NO2. The number of rotatable bonds is 4. The largest absolute Gasteiger partial charge is 0.481 e. The summed E-state index contributed by atoms with van der Waals surface area (Å²) in [6.07, 6.45) is 8.07. The van der Waals surface area contributed by atoms with E-state index in [2.05, 4.69) is 12.4 Å². The number of hydrogen-bond donors (Lipinski definition) is 2. The summed E-state index contributed by atoms with van der Waals surface area (Å²) in [7, 11) is 2.06. The molecule has 0 aromatic carbocycles. The van der Waals surface area contributed by atoms with Crippen molar-refractivity contribution in [1.29, 1.82) is 0 Å². The average Bonchev–Trinajstić information content (AvgIpc) is 2.23. The first-order chi connectivity index (χ1) is 7.72. The standard InChI is InChI=1S/C13H23NO2/c1-14-12(9-3-2-4-9)10-5-7-11(8-6-10)13(15)16/h9-12,14H,2-8H2,1H3,(H,15,16). The third-order valence-electron chi connectivity index (χ3n) is 4.62. The predicted molar refractivity (Wildman–Crippen MR) is 63.3 cm³/mol. The van der Waals surface area contributed by atoms with Crippen molar-refractivity contribution in [2.24, 2.45) is 17.8 Å². The van der Waals surface area contributed by atoms with Crippen molar-refractivity contribution < 1.29 is 9.90 Å². The summed E-state index contributed by atoms with van der Waals surface area (Å²) in [5.41, 5.74) is 0. The van der Waals surface area contributed by atoms with Crippen LogP contribution in [0.4, 0.5) is 0 Å². The lowest BCUT2D eigenvalue weighted by Gasteiger charge is -2.41. The van der Waals surface area contributed by atoms with Crippen LogP contribution in [0.1, 0.15) is 44.9 Å². The molecular weight excluding hydrogens is 202 g/mol. The van der Waals surface area contributed by atoms with Gasteiger partial charge in [0.15, 0.2) is 0 Å². The van der Waals surface area contributed by atoms with Crippen molar-refractivity contribution in [3.63, 3.8) is 0 Å². The summed E-state index contributed by atoms with van der Waals surface area (Å²) in [6, 6.07) is 0.642. The molecule has 2 aliphatic carbocycles. The van der Waals surface area contributed by atoms with Crippen molar-refractivity contribution >= 4 is 5.97 Å². The fourth-order valence-electron chi connectivity index (χ4n) is 3.38. The molecule has 2 fully saturated rings. The van der Waals surface area contributed by atoms with Crippen LogP contribution < -0.4 is 5.32 Å². The third kappa shape index (κ3) is 2.40. The number of aliphatic carboxylic acids is 1. The molecule has 0 heterocycles. The summed E-state index contributed by atoms with van der Waals surface area (Å²) in [5, 5.41) is 12.4. The Kier molecular flexibility index (Phi) is 3.85. The third-order valence-corrected chi connectivity index (χ3v) is 4.62. The van der Waals surface area contributed by atoms with Gasteiger partial charge >= 0.3 is 5.97 Å². The Morgan fingerprint density at radius 2 is 1.69 bits per heavy atom. The zero-order chi connectivity index (χ0) is 11.5. The lowest BCUT2D eigenvalue weighted by Crippen LogP contribution is -2.44. The highest BCUT2D eigenvalue weighted by Crippen LogP contribution is 2.39. The van der Waals surface area contributed by atoms with Gasteiger partial charge in [-0.05, 0) is 57.4 Å². The Bertz CT molecular complexity index is 242. The predicted octanol–water partition coefficient (Wildman–Crippen LogP) is 2.27. The highest BCUT2D eigenvalue weighted by atomic mass is 16.4. The molecule has 3 nitrogen and oxygen atoms in total. The van der Waals surface area contributed by atoms with E-state index in [-0.39, 0.29) is 5.92 Å². The van der Waals surface area contributed by atoms with Crippen LogP contribution >= 0.6 is 0 Å². The molecule has 0 spiro atoms. The SMILES string of the molecule is CNC(C1CCC1)C1CCC(C(=O)O)CC1. The molecule has 3 heteroatoms. The van der Waals surface area contributed by atoms with Crippen molar-refractivity contribution in [1.82, 2.24) is 5.32 Å². The summed E-state index contributed by atoms with van der Waals surface area (Å²) in [6.45, 7) is 0. The van der Waals surface area contributed by atoms with E-state index in [1.807, 2.05) is 0 Å². The Hall–Kier alpha value is -0.570. The van der Waals surface area contributed by atoms with Crippen LogP contribution in [-0.4, -0.2) is 24.2 Å². The van der Waals surface area contributed by atoms with Gasteiger partial charge < -0.3 is 10.4 Å². The lowest BCUT2D eigenvalue weighted by molar-refractivity contribution is -0.143. The average molecular weight is 225 g/mol. The smallest absolute Gasteiger partial charge is 0.306 e. The van der Waals surface area contributed by atoms with Gasteiger partial charge in [0.25, 0.3) is 0 Å². The van der Waals surface area contributed by atoms with Gasteiger partial charge in [-0.15, -0.1) is 0 Å². The minimum Gasteiger partial charge on any atom is -0.481 e. The van der Waals surface area contributed by atoms with Crippen molar-refractivity contribution in [2.45, 2.75) is 51.0 Å². The van der Waals surface area contributed by atoms with Gasteiger partial charge in [-0.3, -0.25) is 4.79 Å². The summed E-state index contributed by atoms with van der Waals surface area (Å²) >= 11 is 0. The van der Waals surface area contributed by atoms with E-state index in [0.29, 0.717) is 12.0 Å². The fraction of sp³-hybridized carbons (Fsp3) is 0.923. The van der Waals surface area contributed by atoms with Crippen LogP contribution in [0.2, 0.25) is 0 Å². The van der Waals surface area contributed by atoms with E-state index < -0.39 is 5.97 Å². The van der Waals surface area contributed by atoms with Gasteiger partial charge in [-0.2, -0.15) is 0 Å². The van der Waals surface area contributed by atoms with E-state index >= 15 is 0 Å². The Morgan fingerprint density at radius 3 is 2.06 bits per heavy atom. The van der Waals surface area contributed by atoms with Crippen LogP contribution in [0.5, 0.6) is 0 Å². The molecule has 0 aliphatic heterocycles. The topological polar surface area (TPSA) is 49.3 Å². The molecule has 16 heavy (non-hydrogen) atoms. The van der Waals surface area contributed by atoms with Crippen LogP contribution in [-0.2, 0) is 4.79 Å². The Labute approximate surface area is 97.6 Å². The monoisotopic (exact) mass is 225 g/mol. The molecule has 2 rings (SSSR count). The van der Waals surface area contributed by atoms with Gasteiger partial charge in [-0.25, -0.2) is 0 Å². The maximum Gasteiger partial charge on any atom is 0.306 e. The van der Waals surface area contributed by atoms with Crippen LogP contribution in [0.25, 0.3) is 0 Å². The fourth-order valence-corrected chi connectivity index (χ4v) is 3.38. The maximum absolute atomic E-state index is 10.9. The second kappa shape index (κ2) is 5.17. The first-order valence-electron chi connectivity index (χ1n) is 6.62. The zero-order valence-corrected chi connectivity index (χ0v) is 10.1. The zero-order valence-electron chi connectivity index (χ0n) is 10.1. The lowest BCUT2D eigenvalue weighted by atomic mass is 9.69. The molecule has 1 unspecified atom stereocenters. The van der Waals surface area contributed by atoms with Gasteiger partial charge in [0, 0.05) is 6.04 Å². The van der Waals surface area contributed by atoms with Gasteiger partial charge in [0.2, 0.25) is 0 Å². The molecule has 2 aliphatic rings. The van der Waals surface area contributed by atoms with Crippen LogP contribution in [0.3, 0.4) is 0 Å². The van der Waals surface area contributed by atoms with E-state index in [4.69, 9.17) is 5.11 Å². The molecule has 1 atom stereocenters. The maximum atomic E-state index is 10.9. The molecule has 92 valence electrons. The normalized spacial score (nSPS) is 33.1. The molecule has 0 aromatic heterocycles. The molecule has 0 radical (unpaired) electrons. The Morgan fingerprint density at radius 1 is 1.12 bits per heavy atom. The Balaban J connectivity index is 1.84. The van der Waals surface area contributed by atoms with E-state index in [0.717, 1.165) is 31.6 Å². The number of nitrogens with one attached hydrogen (secondary N) is 1. The minimum atomic E-state index is -0.594. The molecule has 0 bridgehead atoms. The van der Waals surface area contributed by atoms with E-state index in [1.54, 1.807) is 0 Å². The summed E-state index contributed by atoms with van der Waals surface area (Å²) in [5.74, 6) is 0.903. The van der Waals surface area contributed by atoms with E-state index in [1.165, 1.54) is 19.3 Å². The second-order valence-electron chi connectivity index (χ2n) is 5.46. The second-order valence-corrected chi connectivity index (χ2v) is 5.46. The molecule has 0 amide bonds. The highest BCUT2D eigenvalue weighted by Gasteiger charge is 2.35. The first kappa shape index (κ1) is 11.9. The first-order valence-corrected chi connectivity index (χ1v) is 6.62. The number of hydrogen-bond acceptors (Lipinski definition) is 2.